The molecule has 164 valence electrons. The standard InChI is InChI=1S/C24H25N5O2S/c1-17-4-6-18(7-5-17)29-22(30)15-19(23(29)20-3-2-14-32-20)24(31)28-12-10-27(11-13-28)21-16-25-8-9-26-21/h2-9,14,16,19,23H,10-13,15H2,1H3/t19-,23+/m0/s1. The largest absolute Gasteiger partial charge is 0.352 e. The number of hydrogen-bond acceptors (Lipinski definition) is 6. The van der Waals surface area contributed by atoms with E-state index in [0.29, 0.717) is 26.2 Å². The summed E-state index contributed by atoms with van der Waals surface area (Å²) in [5.41, 5.74) is 1.99. The Morgan fingerprint density at radius 1 is 1.06 bits per heavy atom. The zero-order valence-electron chi connectivity index (χ0n) is 17.9. The van der Waals surface area contributed by atoms with Crippen molar-refractivity contribution in [2.45, 2.75) is 19.4 Å². The first-order chi connectivity index (χ1) is 15.6. The number of thiophene rings is 1. The minimum Gasteiger partial charge on any atom is -0.352 e. The van der Waals surface area contributed by atoms with Gasteiger partial charge in [-0.25, -0.2) is 4.98 Å². The molecule has 0 aliphatic carbocycles. The number of carbonyl (C=O) groups excluding carboxylic acids is 2. The summed E-state index contributed by atoms with van der Waals surface area (Å²) in [6.07, 6.45) is 5.33. The molecule has 0 N–H and O–H groups in total. The molecule has 0 saturated carbocycles. The van der Waals surface area contributed by atoms with E-state index in [1.165, 1.54) is 0 Å². The number of carbonyl (C=O) groups is 2. The maximum absolute atomic E-state index is 13.6. The molecule has 2 atom stereocenters. The molecule has 3 aromatic rings. The van der Waals surface area contributed by atoms with E-state index in [4.69, 9.17) is 0 Å². The Kier molecular flexibility index (Phi) is 5.61. The number of hydrogen-bond donors (Lipinski definition) is 0. The normalized spacial score (nSPS) is 21.3. The summed E-state index contributed by atoms with van der Waals surface area (Å²) >= 11 is 1.60. The summed E-state index contributed by atoms with van der Waals surface area (Å²) in [6.45, 7) is 4.66. The number of rotatable bonds is 4. The Morgan fingerprint density at radius 3 is 2.50 bits per heavy atom. The molecule has 2 aliphatic rings. The van der Waals surface area contributed by atoms with Gasteiger partial charge in [0.15, 0.2) is 0 Å². The summed E-state index contributed by atoms with van der Waals surface area (Å²) in [6, 6.07) is 11.7. The molecule has 0 unspecified atom stereocenters. The Balaban J connectivity index is 1.37. The molecule has 2 fully saturated rings. The van der Waals surface area contributed by atoms with Gasteiger partial charge in [0.1, 0.15) is 5.82 Å². The maximum atomic E-state index is 13.6. The number of piperazine rings is 1. The Bertz CT molecular complexity index is 1080. The van der Waals surface area contributed by atoms with Crippen molar-refractivity contribution in [3.8, 4) is 0 Å². The lowest BCUT2D eigenvalue weighted by molar-refractivity contribution is -0.136. The van der Waals surface area contributed by atoms with Crippen LogP contribution in [0.4, 0.5) is 11.5 Å². The molecular formula is C24H25N5O2S. The van der Waals surface area contributed by atoms with Crippen LogP contribution in [-0.2, 0) is 9.59 Å². The predicted octanol–water partition coefficient (Wildman–Crippen LogP) is 3.29. The van der Waals surface area contributed by atoms with Crippen molar-refractivity contribution in [3.63, 3.8) is 0 Å². The molecule has 7 nitrogen and oxygen atoms in total. The van der Waals surface area contributed by atoms with Crippen LogP contribution in [0.2, 0.25) is 0 Å². The third kappa shape index (κ3) is 3.86. The second-order valence-corrected chi connectivity index (χ2v) is 9.23. The van der Waals surface area contributed by atoms with Crippen LogP contribution in [0.5, 0.6) is 0 Å². The van der Waals surface area contributed by atoms with Crippen molar-refractivity contribution in [1.82, 2.24) is 14.9 Å². The highest BCUT2D eigenvalue weighted by atomic mass is 32.1. The van der Waals surface area contributed by atoms with E-state index in [9.17, 15) is 9.59 Å². The van der Waals surface area contributed by atoms with Gasteiger partial charge in [0.05, 0.1) is 18.2 Å². The topological polar surface area (TPSA) is 69.6 Å². The lowest BCUT2D eigenvalue weighted by Crippen LogP contribution is -2.51. The fraction of sp³-hybridized carbons (Fsp3) is 0.333. The quantitative estimate of drug-likeness (QED) is 0.614. The van der Waals surface area contributed by atoms with E-state index in [1.54, 1.807) is 29.9 Å². The number of nitrogens with zero attached hydrogens (tertiary/aromatic N) is 5. The highest BCUT2D eigenvalue weighted by Gasteiger charge is 2.47. The van der Waals surface area contributed by atoms with Gasteiger partial charge in [0.2, 0.25) is 11.8 Å². The van der Waals surface area contributed by atoms with Gasteiger partial charge in [-0.05, 0) is 30.5 Å². The Labute approximate surface area is 191 Å². The summed E-state index contributed by atoms with van der Waals surface area (Å²) in [5.74, 6) is 0.511. The van der Waals surface area contributed by atoms with Crippen LogP contribution in [-0.4, -0.2) is 52.9 Å². The third-order valence-electron chi connectivity index (χ3n) is 6.25. The monoisotopic (exact) mass is 447 g/mol. The Morgan fingerprint density at radius 2 is 1.84 bits per heavy atom. The predicted molar refractivity (Wildman–Crippen MR) is 125 cm³/mol. The average Bonchev–Trinajstić information content (AvgIpc) is 3.48. The molecule has 1 aromatic carbocycles. The van der Waals surface area contributed by atoms with E-state index in [2.05, 4.69) is 14.9 Å². The van der Waals surface area contributed by atoms with Crippen molar-refractivity contribution in [2.75, 3.05) is 36.0 Å². The molecule has 2 aromatic heterocycles. The molecule has 32 heavy (non-hydrogen) atoms. The van der Waals surface area contributed by atoms with Crippen molar-refractivity contribution in [2.24, 2.45) is 5.92 Å². The van der Waals surface area contributed by atoms with Crippen LogP contribution in [0.3, 0.4) is 0 Å². The fourth-order valence-corrected chi connectivity index (χ4v) is 5.48. The highest BCUT2D eigenvalue weighted by molar-refractivity contribution is 7.10. The lowest BCUT2D eigenvalue weighted by atomic mass is 9.96. The van der Waals surface area contributed by atoms with Crippen molar-refractivity contribution in [3.05, 3.63) is 70.8 Å². The molecule has 2 amide bonds. The van der Waals surface area contributed by atoms with E-state index in [-0.39, 0.29) is 30.2 Å². The molecule has 8 heteroatoms. The molecule has 2 saturated heterocycles. The van der Waals surface area contributed by atoms with Gasteiger partial charge in [-0.15, -0.1) is 11.3 Å². The minimum absolute atomic E-state index is 0.00352. The maximum Gasteiger partial charge on any atom is 0.228 e. The summed E-state index contributed by atoms with van der Waals surface area (Å²) in [5, 5.41) is 2.01. The first-order valence-electron chi connectivity index (χ1n) is 10.8. The molecule has 4 heterocycles. The van der Waals surface area contributed by atoms with Gasteiger partial charge in [0, 0.05) is 55.6 Å². The SMILES string of the molecule is Cc1ccc(N2C(=O)C[C@H](C(=O)N3CCN(c4cnccn4)CC3)[C@@H]2c2cccs2)cc1. The first kappa shape index (κ1) is 20.6. The molecule has 0 spiro atoms. The number of benzene rings is 1. The first-order valence-corrected chi connectivity index (χ1v) is 11.7. The molecular weight excluding hydrogens is 422 g/mol. The number of aryl methyl sites for hydroxylation is 1. The second kappa shape index (κ2) is 8.70. The van der Waals surface area contributed by atoms with Gasteiger partial charge >= 0.3 is 0 Å². The average molecular weight is 448 g/mol. The van der Waals surface area contributed by atoms with Gasteiger partial charge < -0.3 is 14.7 Å². The molecule has 5 rings (SSSR count). The van der Waals surface area contributed by atoms with E-state index in [0.717, 1.165) is 21.9 Å². The highest BCUT2D eigenvalue weighted by Crippen LogP contribution is 2.43. The second-order valence-electron chi connectivity index (χ2n) is 8.25. The molecule has 0 radical (unpaired) electrons. The third-order valence-corrected chi connectivity index (χ3v) is 7.19. The van der Waals surface area contributed by atoms with E-state index >= 15 is 0 Å². The van der Waals surface area contributed by atoms with E-state index in [1.807, 2.05) is 58.5 Å². The van der Waals surface area contributed by atoms with Crippen LogP contribution in [0.25, 0.3) is 0 Å². The van der Waals surface area contributed by atoms with Gasteiger partial charge in [-0.3, -0.25) is 14.6 Å². The van der Waals surface area contributed by atoms with E-state index < -0.39 is 0 Å². The zero-order chi connectivity index (χ0) is 22.1. The van der Waals surface area contributed by atoms with Crippen molar-refractivity contribution >= 4 is 34.7 Å². The van der Waals surface area contributed by atoms with Crippen molar-refractivity contribution < 1.29 is 9.59 Å². The summed E-state index contributed by atoms with van der Waals surface area (Å²) in [7, 11) is 0. The molecule has 2 aliphatic heterocycles. The summed E-state index contributed by atoms with van der Waals surface area (Å²) in [4.78, 5) is 42.2. The summed E-state index contributed by atoms with van der Waals surface area (Å²) < 4.78 is 0. The number of amides is 2. The van der Waals surface area contributed by atoms with Crippen LogP contribution in [0, 0.1) is 12.8 Å². The van der Waals surface area contributed by atoms with Crippen molar-refractivity contribution in [1.29, 1.82) is 0 Å². The Hall–Kier alpha value is -3.26. The minimum atomic E-state index is -0.384. The number of aromatic nitrogens is 2. The smallest absolute Gasteiger partial charge is 0.228 e. The van der Waals surface area contributed by atoms with Crippen LogP contribution in [0.1, 0.15) is 22.9 Å². The van der Waals surface area contributed by atoms with Crippen LogP contribution >= 0.6 is 11.3 Å². The van der Waals surface area contributed by atoms with Gasteiger partial charge in [-0.2, -0.15) is 0 Å². The number of anilines is 2. The molecule has 0 bridgehead atoms. The van der Waals surface area contributed by atoms with Crippen LogP contribution < -0.4 is 9.80 Å². The van der Waals surface area contributed by atoms with Crippen LogP contribution in [0.15, 0.2) is 60.4 Å². The fourth-order valence-electron chi connectivity index (χ4n) is 4.60. The van der Waals surface area contributed by atoms with Gasteiger partial charge in [0.25, 0.3) is 0 Å². The van der Waals surface area contributed by atoms with Gasteiger partial charge in [-0.1, -0.05) is 23.8 Å². The lowest BCUT2D eigenvalue weighted by Gasteiger charge is -2.37. The zero-order valence-corrected chi connectivity index (χ0v) is 18.7.